The molecule has 0 amide bonds. The Hall–Kier alpha value is -0.0800. The van der Waals surface area contributed by atoms with Gasteiger partial charge in [0.05, 0.1) is 5.60 Å². The van der Waals surface area contributed by atoms with Gasteiger partial charge < -0.3 is 10.0 Å². The van der Waals surface area contributed by atoms with Gasteiger partial charge in [0.2, 0.25) is 0 Å². The zero-order valence-electron chi connectivity index (χ0n) is 13.6. The maximum Gasteiger partial charge on any atom is 0.0663 e. The van der Waals surface area contributed by atoms with Crippen molar-refractivity contribution < 1.29 is 5.11 Å². The molecule has 1 N–H and O–H groups in total. The summed E-state index contributed by atoms with van der Waals surface area (Å²) in [5, 5.41) is 10.9. The minimum Gasteiger partial charge on any atom is -0.390 e. The maximum absolute atomic E-state index is 10.9. The second kappa shape index (κ2) is 8.26. The highest BCUT2D eigenvalue weighted by atomic mass is 16.3. The van der Waals surface area contributed by atoms with Crippen molar-refractivity contribution in [2.45, 2.75) is 90.7 Å². The van der Waals surface area contributed by atoms with Gasteiger partial charge in [0.25, 0.3) is 0 Å². The van der Waals surface area contributed by atoms with Crippen molar-refractivity contribution in [3.8, 4) is 0 Å². The Labute approximate surface area is 120 Å². The van der Waals surface area contributed by atoms with Gasteiger partial charge in [-0.25, -0.2) is 0 Å². The van der Waals surface area contributed by atoms with E-state index in [0.29, 0.717) is 6.04 Å². The summed E-state index contributed by atoms with van der Waals surface area (Å²) in [5.74, 6) is 0.718. The van der Waals surface area contributed by atoms with Crippen LogP contribution in [0.5, 0.6) is 0 Å². The lowest BCUT2D eigenvalue weighted by molar-refractivity contribution is -0.000799. The highest BCUT2D eigenvalue weighted by molar-refractivity contribution is 4.86. The van der Waals surface area contributed by atoms with E-state index in [1.54, 1.807) is 0 Å². The van der Waals surface area contributed by atoms with Crippen LogP contribution in [0, 0.1) is 5.92 Å². The summed E-state index contributed by atoms with van der Waals surface area (Å²) < 4.78 is 0. The monoisotopic (exact) mass is 269 g/mol. The first-order chi connectivity index (χ1) is 9.00. The summed E-state index contributed by atoms with van der Waals surface area (Å²) in [4.78, 5) is 2.52. The van der Waals surface area contributed by atoms with Crippen LogP contribution in [0.1, 0.15) is 79.1 Å². The lowest BCUT2D eigenvalue weighted by atomic mass is 9.81. The van der Waals surface area contributed by atoms with Gasteiger partial charge in [0.1, 0.15) is 0 Å². The molecular weight excluding hydrogens is 234 g/mol. The van der Waals surface area contributed by atoms with Crippen molar-refractivity contribution in [2.75, 3.05) is 13.1 Å². The maximum atomic E-state index is 10.9. The van der Waals surface area contributed by atoms with E-state index in [4.69, 9.17) is 0 Å². The average Bonchev–Trinajstić information content (AvgIpc) is 2.57. The zero-order chi connectivity index (χ0) is 14.3. The summed E-state index contributed by atoms with van der Waals surface area (Å²) in [6, 6.07) is 0.615. The Kier molecular flexibility index (Phi) is 7.38. The van der Waals surface area contributed by atoms with E-state index in [2.05, 4.69) is 32.6 Å². The van der Waals surface area contributed by atoms with E-state index in [-0.39, 0.29) is 0 Å². The molecule has 1 rings (SSSR count). The van der Waals surface area contributed by atoms with E-state index < -0.39 is 5.60 Å². The van der Waals surface area contributed by atoms with Gasteiger partial charge in [-0.15, -0.1) is 0 Å². The highest BCUT2D eigenvalue weighted by Gasteiger charge is 2.32. The second-order valence-corrected chi connectivity index (χ2v) is 6.83. The Balaban J connectivity index is 2.50. The molecule has 0 aliphatic carbocycles. The Morgan fingerprint density at radius 2 is 1.89 bits per heavy atom. The number of likely N-dealkylation sites (tertiary alicyclic amines) is 1. The van der Waals surface area contributed by atoms with Crippen LogP contribution >= 0.6 is 0 Å². The first kappa shape index (κ1) is 17.0. The van der Waals surface area contributed by atoms with Crippen molar-refractivity contribution in [3.63, 3.8) is 0 Å². The van der Waals surface area contributed by atoms with Gasteiger partial charge in [-0.1, -0.05) is 39.5 Å². The van der Waals surface area contributed by atoms with Crippen LogP contribution in [0.25, 0.3) is 0 Å². The molecule has 1 fully saturated rings. The van der Waals surface area contributed by atoms with Crippen molar-refractivity contribution in [1.29, 1.82) is 0 Å². The second-order valence-electron chi connectivity index (χ2n) is 6.83. The van der Waals surface area contributed by atoms with Crippen LogP contribution < -0.4 is 0 Å². The van der Waals surface area contributed by atoms with Gasteiger partial charge in [-0.05, 0) is 52.0 Å². The molecule has 2 nitrogen and oxygen atoms in total. The van der Waals surface area contributed by atoms with Crippen molar-refractivity contribution in [1.82, 2.24) is 4.90 Å². The number of hydrogen-bond acceptors (Lipinski definition) is 2. The molecule has 1 saturated heterocycles. The topological polar surface area (TPSA) is 23.5 Å². The summed E-state index contributed by atoms with van der Waals surface area (Å²) in [7, 11) is 0. The number of rotatable bonds is 7. The predicted octanol–water partition coefficient (Wildman–Crippen LogP) is 4.22. The summed E-state index contributed by atoms with van der Waals surface area (Å²) in [5.41, 5.74) is -0.391. The summed E-state index contributed by atoms with van der Waals surface area (Å²) in [6.07, 6.45) is 9.24. The number of aliphatic hydroxyl groups is 1. The quantitative estimate of drug-likeness (QED) is 0.748. The molecule has 0 radical (unpaired) electrons. The molecule has 1 aliphatic rings. The molecular formula is C17H35NO. The summed E-state index contributed by atoms with van der Waals surface area (Å²) in [6.45, 7) is 11.3. The van der Waals surface area contributed by atoms with Gasteiger partial charge in [0, 0.05) is 12.6 Å². The third-order valence-electron chi connectivity index (χ3n) is 4.89. The smallest absolute Gasteiger partial charge is 0.0663 e. The fourth-order valence-electron chi connectivity index (χ4n) is 3.40. The van der Waals surface area contributed by atoms with Gasteiger partial charge >= 0.3 is 0 Å². The first-order valence-electron chi connectivity index (χ1n) is 8.47. The van der Waals surface area contributed by atoms with Crippen molar-refractivity contribution in [3.05, 3.63) is 0 Å². The Bertz CT molecular complexity index is 241. The van der Waals surface area contributed by atoms with Gasteiger partial charge in [-0.2, -0.15) is 0 Å². The molecule has 0 saturated carbocycles. The largest absolute Gasteiger partial charge is 0.390 e. The zero-order valence-corrected chi connectivity index (χ0v) is 13.6. The van der Waals surface area contributed by atoms with Crippen molar-refractivity contribution in [2.24, 2.45) is 5.92 Å². The van der Waals surface area contributed by atoms with Crippen LogP contribution in [0.15, 0.2) is 0 Å². The van der Waals surface area contributed by atoms with Crippen LogP contribution in [-0.4, -0.2) is 34.7 Å². The molecule has 1 aliphatic heterocycles. The van der Waals surface area contributed by atoms with Gasteiger partial charge in [0.15, 0.2) is 0 Å². The molecule has 0 aromatic heterocycles. The number of unbranched alkanes of at least 4 members (excludes halogenated alkanes) is 1. The van der Waals surface area contributed by atoms with Crippen LogP contribution in [0.4, 0.5) is 0 Å². The molecule has 2 atom stereocenters. The molecule has 114 valence electrons. The van der Waals surface area contributed by atoms with Crippen LogP contribution in [0.2, 0.25) is 0 Å². The minimum absolute atomic E-state index is 0.391. The molecule has 19 heavy (non-hydrogen) atoms. The third kappa shape index (κ3) is 5.83. The lowest BCUT2D eigenvalue weighted by Crippen LogP contribution is -2.35. The fraction of sp³-hybridized carbons (Fsp3) is 1.00. The normalized spacial score (nSPS) is 27.5. The van der Waals surface area contributed by atoms with Crippen LogP contribution in [-0.2, 0) is 0 Å². The fourth-order valence-corrected chi connectivity index (χ4v) is 3.40. The van der Waals surface area contributed by atoms with Crippen LogP contribution in [0.3, 0.4) is 0 Å². The summed E-state index contributed by atoms with van der Waals surface area (Å²) >= 11 is 0. The molecule has 2 unspecified atom stereocenters. The van der Waals surface area contributed by atoms with Gasteiger partial charge in [-0.3, -0.25) is 0 Å². The van der Waals surface area contributed by atoms with E-state index in [0.717, 1.165) is 44.7 Å². The van der Waals surface area contributed by atoms with E-state index in [1.165, 1.54) is 25.7 Å². The average molecular weight is 269 g/mol. The first-order valence-corrected chi connectivity index (χ1v) is 8.47. The third-order valence-corrected chi connectivity index (χ3v) is 4.89. The number of hydrogen-bond donors (Lipinski definition) is 1. The Morgan fingerprint density at radius 1 is 1.16 bits per heavy atom. The minimum atomic E-state index is -0.391. The van der Waals surface area contributed by atoms with E-state index in [1.807, 2.05) is 0 Å². The number of nitrogens with zero attached hydrogens (tertiary/aromatic N) is 1. The standard InChI is InChI=1S/C17H35NO/c1-5-7-9-16(6-2)14-17(19)10-8-12-18(13-11-17)15(3)4/h15-16,19H,5-14H2,1-4H3. The van der Waals surface area contributed by atoms with E-state index >= 15 is 0 Å². The lowest BCUT2D eigenvalue weighted by Gasteiger charge is -2.31. The molecule has 0 spiro atoms. The van der Waals surface area contributed by atoms with Crippen molar-refractivity contribution >= 4 is 0 Å². The SMILES string of the molecule is CCCCC(CC)CC1(O)CCCN(C(C)C)CC1. The molecule has 0 aromatic carbocycles. The molecule has 1 heterocycles. The Morgan fingerprint density at radius 3 is 2.47 bits per heavy atom. The predicted molar refractivity (Wildman–Crippen MR) is 83.4 cm³/mol. The molecule has 2 heteroatoms. The molecule has 0 aromatic rings. The van der Waals surface area contributed by atoms with E-state index in [9.17, 15) is 5.11 Å². The highest BCUT2D eigenvalue weighted by Crippen LogP contribution is 2.32. The molecule has 0 bridgehead atoms.